The molecule has 0 radical (unpaired) electrons. The third kappa shape index (κ3) is 3.28. The fraction of sp³-hybridized carbons (Fsp3) is 0.438. The summed E-state index contributed by atoms with van der Waals surface area (Å²) in [6.07, 6.45) is 0.365. The summed E-state index contributed by atoms with van der Waals surface area (Å²) in [5.74, 6) is -1.23. The number of oxazole rings is 1. The van der Waals surface area contributed by atoms with Gasteiger partial charge < -0.3 is 19.8 Å². The van der Waals surface area contributed by atoms with E-state index in [9.17, 15) is 9.59 Å². The van der Waals surface area contributed by atoms with E-state index in [-0.39, 0.29) is 11.9 Å². The van der Waals surface area contributed by atoms with Gasteiger partial charge in [-0.3, -0.25) is 9.59 Å². The van der Waals surface area contributed by atoms with E-state index in [0.717, 1.165) is 11.1 Å². The normalized spacial score (nSPS) is 17.2. The van der Waals surface area contributed by atoms with Gasteiger partial charge in [-0.15, -0.1) is 0 Å². The molecule has 1 aromatic heterocycles. The van der Waals surface area contributed by atoms with Crippen LogP contribution in [0.2, 0.25) is 0 Å². The Morgan fingerprint density at radius 3 is 2.70 bits per heavy atom. The summed E-state index contributed by atoms with van der Waals surface area (Å²) in [4.78, 5) is 29.4. The Balaban J connectivity index is 1.59. The van der Waals surface area contributed by atoms with E-state index < -0.39 is 12.0 Å². The zero-order valence-electron chi connectivity index (χ0n) is 12.9. The molecule has 23 heavy (non-hydrogen) atoms. The summed E-state index contributed by atoms with van der Waals surface area (Å²) in [5.41, 5.74) is 6.67. The number of ether oxygens (including phenoxy) is 1. The van der Waals surface area contributed by atoms with Crippen molar-refractivity contribution in [2.24, 2.45) is 11.7 Å². The number of carbonyl (C=O) groups is 2. The van der Waals surface area contributed by atoms with E-state index in [1.165, 1.54) is 6.92 Å². The number of nitrogens with two attached hydrogens (primary N) is 1. The number of amides is 1. The number of hydrogen-bond acceptors (Lipinski definition) is 6. The molecular weight excluding hydrogens is 298 g/mol. The minimum Gasteiger partial charge on any atom is -0.452 e. The molecule has 0 spiro atoms. The van der Waals surface area contributed by atoms with Crippen LogP contribution in [-0.4, -0.2) is 36.1 Å². The molecular formula is C16H19N3O4. The highest BCUT2D eigenvalue weighted by Gasteiger charge is 2.29. The van der Waals surface area contributed by atoms with Crippen molar-refractivity contribution in [3.63, 3.8) is 0 Å². The number of primary amides is 1. The Bertz CT molecular complexity index is 686. The molecule has 1 aliphatic rings. The monoisotopic (exact) mass is 317 g/mol. The Morgan fingerprint density at radius 1 is 1.35 bits per heavy atom. The number of aromatic nitrogens is 1. The van der Waals surface area contributed by atoms with Crippen LogP contribution in [0, 0.1) is 5.92 Å². The topological polar surface area (TPSA) is 98.7 Å². The highest BCUT2D eigenvalue weighted by Crippen LogP contribution is 2.26. The number of benzene rings is 1. The molecule has 7 heteroatoms. The van der Waals surface area contributed by atoms with Crippen LogP contribution in [0.15, 0.2) is 28.7 Å². The van der Waals surface area contributed by atoms with Crippen molar-refractivity contribution in [3.8, 4) is 0 Å². The zero-order chi connectivity index (χ0) is 16.4. The number of carbonyl (C=O) groups excluding carboxylic acids is 2. The molecule has 1 aliphatic heterocycles. The lowest BCUT2D eigenvalue weighted by Gasteiger charge is -2.30. The molecule has 2 aromatic rings. The third-order valence-corrected chi connectivity index (χ3v) is 4.08. The maximum absolute atomic E-state index is 12.0. The average molecular weight is 317 g/mol. The molecule has 1 aromatic carbocycles. The first kappa shape index (κ1) is 15.3. The van der Waals surface area contributed by atoms with Gasteiger partial charge in [0.25, 0.3) is 11.9 Å². The smallest absolute Gasteiger partial charge is 0.309 e. The molecule has 122 valence electrons. The lowest BCUT2D eigenvalue weighted by atomic mass is 9.97. The van der Waals surface area contributed by atoms with Crippen molar-refractivity contribution < 1.29 is 18.7 Å². The van der Waals surface area contributed by atoms with Crippen LogP contribution in [0.3, 0.4) is 0 Å². The van der Waals surface area contributed by atoms with Gasteiger partial charge >= 0.3 is 5.97 Å². The van der Waals surface area contributed by atoms with Gasteiger partial charge in [-0.25, -0.2) is 0 Å². The fourth-order valence-electron chi connectivity index (χ4n) is 2.63. The molecule has 1 atom stereocenters. The molecule has 1 saturated heterocycles. The van der Waals surface area contributed by atoms with Gasteiger partial charge in [-0.1, -0.05) is 12.1 Å². The van der Waals surface area contributed by atoms with Crippen molar-refractivity contribution in [2.75, 3.05) is 18.0 Å². The number of anilines is 1. The van der Waals surface area contributed by atoms with Gasteiger partial charge in [-0.2, -0.15) is 4.98 Å². The Morgan fingerprint density at radius 2 is 2.04 bits per heavy atom. The molecule has 2 heterocycles. The Hall–Kier alpha value is -2.57. The van der Waals surface area contributed by atoms with E-state index in [1.54, 1.807) is 0 Å². The van der Waals surface area contributed by atoms with Crippen LogP contribution >= 0.6 is 0 Å². The van der Waals surface area contributed by atoms with Gasteiger partial charge in [0.2, 0.25) is 0 Å². The summed E-state index contributed by atoms with van der Waals surface area (Å²) in [6.45, 7) is 2.78. The molecule has 0 aliphatic carbocycles. The molecule has 0 bridgehead atoms. The van der Waals surface area contributed by atoms with Gasteiger partial charge in [0.15, 0.2) is 11.7 Å². The van der Waals surface area contributed by atoms with Crippen LogP contribution < -0.4 is 10.6 Å². The first-order chi connectivity index (χ1) is 11.0. The predicted octanol–water partition coefficient (Wildman–Crippen LogP) is 1.46. The molecule has 7 nitrogen and oxygen atoms in total. The van der Waals surface area contributed by atoms with E-state index in [1.807, 2.05) is 29.2 Å². The minimum absolute atomic E-state index is 0.225. The maximum atomic E-state index is 12.0. The van der Waals surface area contributed by atoms with Crippen LogP contribution in [0.5, 0.6) is 0 Å². The number of rotatable bonds is 4. The molecule has 3 rings (SSSR count). The number of fused-ring (bicyclic) bond motifs is 1. The minimum atomic E-state index is -0.891. The highest BCUT2D eigenvalue weighted by atomic mass is 16.5. The van der Waals surface area contributed by atoms with Crippen molar-refractivity contribution in [1.82, 2.24) is 4.98 Å². The predicted molar refractivity (Wildman–Crippen MR) is 83.7 cm³/mol. The van der Waals surface area contributed by atoms with Gasteiger partial charge in [0, 0.05) is 13.1 Å². The summed E-state index contributed by atoms with van der Waals surface area (Å²) in [7, 11) is 0. The standard InChI is InChI=1S/C16H19N3O4/c1-10(14(17)20)22-15(21)11-6-8-19(9-7-11)16-18-12-4-2-3-5-13(12)23-16/h2-5,10-11H,6-9H2,1H3,(H2,17,20)/t10-/m1/s1. The molecule has 0 saturated carbocycles. The van der Waals surface area contributed by atoms with Crippen LogP contribution in [0.4, 0.5) is 6.01 Å². The van der Waals surface area contributed by atoms with Crippen molar-refractivity contribution >= 4 is 29.0 Å². The van der Waals surface area contributed by atoms with Crippen LogP contribution in [-0.2, 0) is 14.3 Å². The summed E-state index contributed by atoms with van der Waals surface area (Å²) in [6, 6.07) is 8.17. The first-order valence-corrected chi connectivity index (χ1v) is 7.65. The van der Waals surface area contributed by atoms with E-state index in [2.05, 4.69) is 4.98 Å². The zero-order valence-corrected chi connectivity index (χ0v) is 12.9. The average Bonchev–Trinajstić information content (AvgIpc) is 2.98. The highest BCUT2D eigenvalue weighted by molar-refractivity contribution is 5.82. The maximum Gasteiger partial charge on any atom is 0.309 e. The second-order valence-corrected chi connectivity index (χ2v) is 5.71. The van der Waals surface area contributed by atoms with Gasteiger partial charge in [0.1, 0.15) is 5.52 Å². The van der Waals surface area contributed by atoms with Crippen molar-refractivity contribution in [3.05, 3.63) is 24.3 Å². The third-order valence-electron chi connectivity index (χ3n) is 4.08. The Labute approximate surface area is 133 Å². The molecule has 2 N–H and O–H groups in total. The van der Waals surface area contributed by atoms with Gasteiger partial charge in [-0.05, 0) is 31.9 Å². The largest absolute Gasteiger partial charge is 0.452 e. The summed E-state index contributed by atoms with van der Waals surface area (Å²) in [5, 5.41) is 0. The molecule has 0 unspecified atom stereocenters. The second-order valence-electron chi connectivity index (χ2n) is 5.71. The van der Waals surface area contributed by atoms with Crippen LogP contribution in [0.1, 0.15) is 19.8 Å². The molecule has 1 amide bonds. The number of piperidine rings is 1. The van der Waals surface area contributed by atoms with Crippen molar-refractivity contribution in [2.45, 2.75) is 25.9 Å². The SMILES string of the molecule is C[C@@H](OC(=O)C1CCN(c2nc3ccccc3o2)CC1)C(N)=O. The molecule has 1 fully saturated rings. The summed E-state index contributed by atoms with van der Waals surface area (Å²) < 4.78 is 10.8. The lowest BCUT2D eigenvalue weighted by Crippen LogP contribution is -2.39. The fourth-order valence-corrected chi connectivity index (χ4v) is 2.63. The summed E-state index contributed by atoms with van der Waals surface area (Å²) >= 11 is 0. The first-order valence-electron chi connectivity index (χ1n) is 7.65. The quantitative estimate of drug-likeness (QED) is 0.857. The number of para-hydroxylation sites is 2. The second kappa shape index (κ2) is 6.28. The van der Waals surface area contributed by atoms with E-state index in [4.69, 9.17) is 14.9 Å². The van der Waals surface area contributed by atoms with E-state index in [0.29, 0.717) is 31.9 Å². The number of hydrogen-bond donors (Lipinski definition) is 1. The number of nitrogens with zero attached hydrogens (tertiary/aromatic N) is 2. The van der Waals surface area contributed by atoms with Gasteiger partial charge in [0.05, 0.1) is 5.92 Å². The Kier molecular flexibility index (Phi) is 4.18. The van der Waals surface area contributed by atoms with Crippen molar-refractivity contribution in [1.29, 1.82) is 0 Å². The van der Waals surface area contributed by atoms with E-state index >= 15 is 0 Å². The number of esters is 1. The van der Waals surface area contributed by atoms with Crippen LogP contribution in [0.25, 0.3) is 11.1 Å². The lowest BCUT2D eigenvalue weighted by molar-refractivity contribution is -0.158.